The fraction of sp³-hybridized carbons (Fsp3) is 0.375. The van der Waals surface area contributed by atoms with Gasteiger partial charge in [-0.15, -0.1) is 0 Å². The van der Waals surface area contributed by atoms with E-state index < -0.39 is 6.10 Å². The van der Waals surface area contributed by atoms with Crippen LogP contribution in [0, 0.1) is 0 Å². The number of para-hydroxylation sites is 1. The average molecular weight is 285 g/mol. The number of hydrogen-bond donors (Lipinski definition) is 3. The zero-order chi connectivity index (χ0) is 14.8. The Morgan fingerprint density at radius 3 is 2.86 bits per heavy atom. The molecular weight excluding hydrogens is 266 g/mol. The molecule has 1 amide bonds. The highest BCUT2D eigenvalue weighted by molar-refractivity contribution is 5.99. The minimum absolute atomic E-state index is 0.194. The number of fused-ring (bicyclic) bond motifs is 1. The Balaban J connectivity index is 1.84. The molecule has 0 aliphatic heterocycles. The lowest BCUT2D eigenvalue weighted by molar-refractivity contribution is 0.0714. The van der Waals surface area contributed by atoms with Gasteiger partial charge in [-0.05, 0) is 25.0 Å². The van der Waals surface area contributed by atoms with E-state index in [1.165, 1.54) is 0 Å². The first-order valence-corrected chi connectivity index (χ1v) is 7.29. The molecule has 2 unspecified atom stereocenters. The standard InChI is InChI=1S/C16H19N3O2/c17-11-9-14(18-12-6-2-1-5-10(11)12)16(21)19-13-7-3-4-8-15(13)20/h1-2,5-6,9,13,15,20H,3-4,7-8H2,(H2,17,18)(H,19,21). The molecule has 1 aliphatic rings. The Kier molecular flexibility index (Phi) is 3.75. The van der Waals surface area contributed by atoms with Crippen molar-refractivity contribution >= 4 is 22.5 Å². The average Bonchev–Trinajstić information content (AvgIpc) is 2.49. The van der Waals surface area contributed by atoms with E-state index in [2.05, 4.69) is 10.3 Å². The highest BCUT2D eigenvalue weighted by Crippen LogP contribution is 2.21. The van der Waals surface area contributed by atoms with Crippen LogP contribution in [0.5, 0.6) is 0 Å². The van der Waals surface area contributed by atoms with Crippen LogP contribution < -0.4 is 11.1 Å². The number of nitrogens with two attached hydrogens (primary N) is 1. The van der Waals surface area contributed by atoms with Crippen molar-refractivity contribution < 1.29 is 9.90 Å². The maximum atomic E-state index is 12.3. The molecular formula is C16H19N3O2. The third-order valence-electron chi connectivity index (χ3n) is 4.03. The van der Waals surface area contributed by atoms with E-state index in [0.717, 1.165) is 31.1 Å². The molecule has 2 aromatic rings. The van der Waals surface area contributed by atoms with Crippen LogP contribution in [0.2, 0.25) is 0 Å². The molecule has 0 saturated heterocycles. The van der Waals surface area contributed by atoms with Crippen molar-refractivity contribution in [3.8, 4) is 0 Å². The van der Waals surface area contributed by atoms with Crippen molar-refractivity contribution in [1.29, 1.82) is 0 Å². The van der Waals surface area contributed by atoms with Crippen LogP contribution in [-0.4, -0.2) is 28.1 Å². The highest BCUT2D eigenvalue weighted by Gasteiger charge is 2.25. The Bertz CT molecular complexity index is 672. The first-order chi connectivity index (χ1) is 10.1. The quantitative estimate of drug-likeness (QED) is 0.785. The molecule has 1 fully saturated rings. The number of aromatic nitrogens is 1. The summed E-state index contributed by atoms with van der Waals surface area (Å²) in [6.07, 6.45) is 3.10. The number of anilines is 1. The molecule has 0 radical (unpaired) electrons. The molecule has 0 spiro atoms. The van der Waals surface area contributed by atoms with Gasteiger partial charge in [-0.1, -0.05) is 31.0 Å². The molecule has 1 aromatic heterocycles. The topological polar surface area (TPSA) is 88.2 Å². The number of amides is 1. The number of hydrogen-bond acceptors (Lipinski definition) is 4. The zero-order valence-electron chi connectivity index (χ0n) is 11.7. The predicted octanol–water partition coefficient (Wildman–Crippen LogP) is 1.85. The Hall–Kier alpha value is -2.14. The minimum Gasteiger partial charge on any atom is -0.398 e. The second-order valence-corrected chi connectivity index (χ2v) is 5.55. The number of benzene rings is 1. The first-order valence-electron chi connectivity index (χ1n) is 7.29. The minimum atomic E-state index is -0.472. The zero-order valence-corrected chi connectivity index (χ0v) is 11.7. The fourth-order valence-electron chi connectivity index (χ4n) is 2.84. The number of nitrogens with one attached hydrogen (secondary N) is 1. The number of aliphatic hydroxyl groups is 1. The molecule has 1 heterocycles. The maximum absolute atomic E-state index is 12.3. The summed E-state index contributed by atoms with van der Waals surface area (Å²) in [5.74, 6) is -0.279. The monoisotopic (exact) mass is 285 g/mol. The Morgan fingerprint density at radius 2 is 2.05 bits per heavy atom. The van der Waals surface area contributed by atoms with Crippen LogP contribution >= 0.6 is 0 Å². The number of nitrogen functional groups attached to an aromatic ring is 1. The van der Waals surface area contributed by atoms with Crippen molar-refractivity contribution in [3.63, 3.8) is 0 Å². The summed E-state index contributed by atoms with van der Waals surface area (Å²) >= 11 is 0. The lowest BCUT2D eigenvalue weighted by atomic mass is 9.92. The molecule has 3 rings (SSSR count). The largest absolute Gasteiger partial charge is 0.398 e. The van der Waals surface area contributed by atoms with Gasteiger partial charge in [0.05, 0.1) is 17.7 Å². The summed E-state index contributed by atoms with van der Waals surface area (Å²) in [5.41, 5.74) is 7.52. The number of rotatable bonds is 2. The van der Waals surface area contributed by atoms with Crippen molar-refractivity contribution in [1.82, 2.24) is 10.3 Å². The first kappa shape index (κ1) is 13.8. The number of carbonyl (C=O) groups is 1. The Morgan fingerprint density at radius 1 is 1.29 bits per heavy atom. The maximum Gasteiger partial charge on any atom is 0.270 e. The van der Waals surface area contributed by atoms with Crippen molar-refractivity contribution in [2.24, 2.45) is 0 Å². The molecule has 0 bridgehead atoms. The van der Waals surface area contributed by atoms with Crippen LogP contribution in [0.4, 0.5) is 5.69 Å². The van der Waals surface area contributed by atoms with Gasteiger partial charge in [-0.2, -0.15) is 0 Å². The van der Waals surface area contributed by atoms with Gasteiger partial charge < -0.3 is 16.2 Å². The second kappa shape index (κ2) is 5.69. The number of pyridine rings is 1. The van der Waals surface area contributed by atoms with Crippen molar-refractivity contribution in [3.05, 3.63) is 36.0 Å². The summed E-state index contributed by atoms with van der Waals surface area (Å²) in [7, 11) is 0. The van der Waals surface area contributed by atoms with E-state index in [1.807, 2.05) is 24.3 Å². The SMILES string of the molecule is Nc1cc(C(=O)NC2CCCCC2O)nc2ccccc12. The third-order valence-corrected chi connectivity index (χ3v) is 4.03. The van der Waals surface area contributed by atoms with Crippen molar-refractivity contribution in [2.45, 2.75) is 37.8 Å². The predicted molar refractivity (Wildman–Crippen MR) is 81.9 cm³/mol. The molecule has 21 heavy (non-hydrogen) atoms. The van der Waals surface area contributed by atoms with E-state index in [-0.39, 0.29) is 11.9 Å². The van der Waals surface area contributed by atoms with Gasteiger partial charge in [0.25, 0.3) is 5.91 Å². The number of aliphatic hydroxyl groups excluding tert-OH is 1. The van der Waals surface area contributed by atoms with Crippen LogP contribution in [0.3, 0.4) is 0 Å². The summed E-state index contributed by atoms with van der Waals surface area (Å²) < 4.78 is 0. The number of carbonyl (C=O) groups excluding carboxylic acids is 1. The molecule has 2 atom stereocenters. The fourth-order valence-corrected chi connectivity index (χ4v) is 2.84. The molecule has 1 aromatic carbocycles. The lowest BCUT2D eigenvalue weighted by Crippen LogP contribution is -2.45. The molecule has 1 saturated carbocycles. The normalized spacial score (nSPS) is 22.1. The summed E-state index contributed by atoms with van der Waals surface area (Å²) in [4.78, 5) is 16.7. The third kappa shape index (κ3) is 2.83. The smallest absolute Gasteiger partial charge is 0.270 e. The van der Waals surface area contributed by atoms with Gasteiger partial charge in [0, 0.05) is 11.1 Å². The summed E-state index contributed by atoms with van der Waals surface area (Å²) in [6, 6.07) is 8.86. The lowest BCUT2D eigenvalue weighted by Gasteiger charge is -2.28. The molecule has 110 valence electrons. The van der Waals surface area contributed by atoms with Gasteiger partial charge >= 0.3 is 0 Å². The van der Waals surface area contributed by atoms with Crippen LogP contribution in [0.1, 0.15) is 36.2 Å². The molecule has 5 nitrogen and oxygen atoms in total. The molecule has 4 N–H and O–H groups in total. The van der Waals surface area contributed by atoms with Gasteiger partial charge in [0.15, 0.2) is 0 Å². The van der Waals surface area contributed by atoms with E-state index in [1.54, 1.807) is 6.07 Å². The Labute approximate surface area is 123 Å². The number of nitrogens with zero attached hydrogens (tertiary/aromatic N) is 1. The van der Waals surface area contributed by atoms with Crippen LogP contribution in [0.25, 0.3) is 10.9 Å². The van der Waals surface area contributed by atoms with Crippen molar-refractivity contribution in [2.75, 3.05) is 5.73 Å². The highest BCUT2D eigenvalue weighted by atomic mass is 16.3. The van der Waals surface area contributed by atoms with E-state index in [4.69, 9.17) is 5.73 Å². The van der Waals surface area contributed by atoms with Gasteiger partial charge in [0.2, 0.25) is 0 Å². The van der Waals surface area contributed by atoms with E-state index in [9.17, 15) is 9.90 Å². The second-order valence-electron chi connectivity index (χ2n) is 5.55. The van der Waals surface area contributed by atoms with Gasteiger partial charge in [-0.3, -0.25) is 4.79 Å². The summed E-state index contributed by atoms with van der Waals surface area (Å²) in [5, 5.41) is 13.6. The van der Waals surface area contributed by atoms with E-state index >= 15 is 0 Å². The van der Waals surface area contributed by atoms with Crippen LogP contribution in [0.15, 0.2) is 30.3 Å². The van der Waals surface area contributed by atoms with Gasteiger partial charge in [0.1, 0.15) is 5.69 Å². The molecule has 5 heteroatoms. The molecule has 1 aliphatic carbocycles. The van der Waals surface area contributed by atoms with Gasteiger partial charge in [-0.25, -0.2) is 4.98 Å². The van der Waals surface area contributed by atoms with E-state index in [0.29, 0.717) is 16.9 Å². The van der Waals surface area contributed by atoms with Crippen LogP contribution in [-0.2, 0) is 0 Å². The summed E-state index contributed by atoms with van der Waals surface area (Å²) in [6.45, 7) is 0.